The van der Waals surface area contributed by atoms with E-state index in [1.165, 1.54) is 0 Å². The van der Waals surface area contributed by atoms with Gasteiger partial charge in [-0.2, -0.15) is 0 Å². The van der Waals surface area contributed by atoms with Crippen molar-refractivity contribution >= 4 is 5.91 Å². The van der Waals surface area contributed by atoms with Gasteiger partial charge in [0.1, 0.15) is 6.10 Å². The van der Waals surface area contributed by atoms with Crippen LogP contribution >= 0.6 is 0 Å². The Kier molecular flexibility index (Phi) is 4.45. The van der Waals surface area contributed by atoms with Gasteiger partial charge in [-0.15, -0.1) is 0 Å². The minimum atomic E-state index is -0.514. The van der Waals surface area contributed by atoms with Crippen LogP contribution in [-0.4, -0.2) is 24.6 Å². The monoisotopic (exact) mass is 276 g/mol. The van der Waals surface area contributed by atoms with Gasteiger partial charge in [-0.05, 0) is 17.4 Å². The van der Waals surface area contributed by atoms with Gasteiger partial charge >= 0.3 is 0 Å². The summed E-state index contributed by atoms with van der Waals surface area (Å²) in [7, 11) is 0. The molecule has 110 valence electrons. The fourth-order valence-electron chi connectivity index (χ4n) is 2.37. The average molecular weight is 276 g/mol. The van der Waals surface area contributed by atoms with E-state index in [9.17, 15) is 4.79 Å². The second-order valence-corrected chi connectivity index (χ2v) is 6.45. The molecule has 1 aromatic carbocycles. The molecule has 2 unspecified atom stereocenters. The lowest BCUT2D eigenvalue weighted by Gasteiger charge is -2.28. The van der Waals surface area contributed by atoms with Crippen molar-refractivity contribution in [1.82, 2.24) is 5.32 Å². The summed E-state index contributed by atoms with van der Waals surface area (Å²) in [5.74, 6) is -0.103. The standard InChI is InChI=1S/C16H24N2O2/c1-16(2,3)14(17)15(19)18-12-9-10-20-13(12)11-7-5-4-6-8-11/h4-8,12-14H,9-10,17H2,1-3H3,(H,18,19)/t12?,13?,14-/m1/s1. The van der Waals surface area contributed by atoms with E-state index >= 15 is 0 Å². The summed E-state index contributed by atoms with van der Waals surface area (Å²) in [5.41, 5.74) is 6.86. The lowest BCUT2D eigenvalue weighted by atomic mass is 9.86. The largest absolute Gasteiger partial charge is 0.371 e. The average Bonchev–Trinajstić information content (AvgIpc) is 2.86. The van der Waals surface area contributed by atoms with Crippen LogP contribution in [0.5, 0.6) is 0 Å². The maximum absolute atomic E-state index is 12.2. The van der Waals surface area contributed by atoms with E-state index in [0.29, 0.717) is 6.61 Å². The quantitative estimate of drug-likeness (QED) is 0.887. The number of ether oxygens (including phenoxy) is 1. The molecule has 4 nitrogen and oxygen atoms in total. The summed E-state index contributed by atoms with van der Waals surface area (Å²) in [6, 6.07) is 9.48. The summed E-state index contributed by atoms with van der Waals surface area (Å²) in [4.78, 5) is 12.2. The Hall–Kier alpha value is -1.39. The Balaban J connectivity index is 2.04. The Morgan fingerprint density at radius 2 is 2.00 bits per heavy atom. The molecule has 0 aromatic heterocycles. The van der Waals surface area contributed by atoms with E-state index in [-0.39, 0.29) is 23.5 Å². The van der Waals surface area contributed by atoms with Gasteiger partial charge in [0.25, 0.3) is 0 Å². The van der Waals surface area contributed by atoms with Crippen molar-refractivity contribution in [1.29, 1.82) is 0 Å². The van der Waals surface area contributed by atoms with Crippen LogP contribution in [-0.2, 0) is 9.53 Å². The number of nitrogens with one attached hydrogen (secondary N) is 1. The van der Waals surface area contributed by atoms with Gasteiger partial charge in [0.2, 0.25) is 5.91 Å². The first-order valence-corrected chi connectivity index (χ1v) is 7.12. The van der Waals surface area contributed by atoms with Gasteiger partial charge in [0, 0.05) is 6.61 Å². The molecule has 1 heterocycles. The number of hydrogen-bond donors (Lipinski definition) is 2. The van der Waals surface area contributed by atoms with Crippen molar-refractivity contribution in [3.63, 3.8) is 0 Å². The van der Waals surface area contributed by atoms with Crippen LogP contribution in [0.3, 0.4) is 0 Å². The fraction of sp³-hybridized carbons (Fsp3) is 0.562. The molecule has 0 bridgehead atoms. The summed E-state index contributed by atoms with van der Waals surface area (Å²) in [6.45, 7) is 6.57. The lowest BCUT2D eigenvalue weighted by Crippen LogP contribution is -2.51. The second-order valence-electron chi connectivity index (χ2n) is 6.45. The predicted octanol–water partition coefficient (Wildman–Crippen LogP) is 2.01. The minimum absolute atomic E-state index is 0.00157. The topological polar surface area (TPSA) is 64.4 Å². The molecule has 0 spiro atoms. The summed E-state index contributed by atoms with van der Waals surface area (Å²) in [6.07, 6.45) is 0.745. The van der Waals surface area contributed by atoms with E-state index < -0.39 is 6.04 Å². The Bertz CT molecular complexity index is 453. The number of hydrogen-bond acceptors (Lipinski definition) is 3. The number of nitrogens with two attached hydrogens (primary N) is 1. The van der Waals surface area contributed by atoms with Crippen LogP contribution in [0.2, 0.25) is 0 Å². The Morgan fingerprint density at radius 3 is 2.60 bits per heavy atom. The molecule has 3 N–H and O–H groups in total. The molecule has 4 heteroatoms. The zero-order valence-electron chi connectivity index (χ0n) is 12.4. The molecule has 20 heavy (non-hydrogen) atoms. The van der Waals surface area contributed by atoms with Crippen LogP contribution in [0, 0.1) is 5.41 Å². The van der Waals surface area contributed by atoms with Crippen molar-refractivity contribution < 1.29 is 9.53 Å². The molecule has 1 aromatic rings. The molecule has 0 radical (unpaired) electrons. The predicted molar refractivity (Wildman–Crippen MR) is 79.1 cm³/mol. The summed E-state index contributed by atoms with van der Waals surface area (Å²) >= 11 is 0. The first-order chi connectivity index (χ1) is 9.39. The number of amides is 1. The van der Waals surface area contributed by atoms with Gasteiger partial charge in [0.15, 0.2) is 0 Å². The third-order valence-corrected chi connectivity index (χ3v) is 3.76. The van der Waals surface area contributed by atoms with Gasteiger partial charge in [0.05, 0.1) is 12.1 Å². The summed E-state index contributed by atoms with van der Waals surface area (Å²) < 4.78 is 5.76. The first-order valence-electron chi connectivity index (χ1n) is 7.12. The van der Waals surface area contributed by atoms with Crippen molar-refractivity contribution in [2.75, 3.05) is 6.61 Å². The molecule has 0 aliphatic carbocycles. The number of rotatable bonds is 3. The molecule has 1 aliphatic rings. The lowest BCUT2D eigenvalue weighted by molar-refractivity contribution is -0.125. The SMILES string of the molecule is CC(C)(C)[C@H](N)C(=O)NC1CCOC1c1ccccc1. The van der Waals surface area contributed by atoms with E-state index in [1.54, 1.807) is 0 Å². The zero-order chi connectivity index (χ0) is 14.8. The van der Waals surface area contributed by atoms with E-state index in [0.717, 1.165) is 12.0 Å². The van der Waals surface area contributed by atoms with Gasteiger partial charge < -0.3 is 15.8 Å². The number of carbonyl (C=O) groups excluding carboxylic acids is 1. The molecule has 1 fully saturated rings. The molecular weight excluding hydrogens is 252 g/mol. The van der Waals surface area contributed by atoms with Crippen molar-refractivity contribution in [2.45, 2.75) is 45.4 Å². The molecule has 1 saturated heterocycles. The Labute approximate surface area is 120 Å². The maximum Gasteiger partial charge on any atom is 0.237 e. The molecular formula is C16H24N2O2. The zero-order valence-corrected chi connectivity index (χ0v) is 12.4. The van der Waals surface area contributed by atoms with Gasteiger partial charge in [-0.3, -0.25) is 4.79 Å². The van der Waals surface area contributed by atoms with Crippen molar-refractivity contribution in [3.05, 3.63) is 35.9 Å². The smallest absolute Gasteiger partial charge is 0.237 e. The minimum Gasteiger partial charge on any atom is -0.371 e. The third-order valence-electron chi connectivity index (χ3n) is 3.76. The van der Waals surface area contributed by atoms with Crippen LogP contribution < -0.4 is 11.1 Å². The second kappa shape index (κ2) is 5.94. The van der Waals surface area contributed by atoms with Crippen molar-refractivity contribution in [2.24, 2.45) is 11.1 Å². The van der Waals surface area contributed by atoms with Crippen LogP contribution in [0.15, 0.2) is 30.3 Å². The van der Waals surface area contributed by atoms with Crippen LogP contribution in [0.4, 0.5) is 0 Å². The van der Waals surface area contributed by atoms with E-state index in [4.69, 9.17) is 10.5 Å². The number of benzene rings is 1. The van der Waals surface area contributed by atoms with Gasteiger partial charge in [-0.1, -0.05) is 51.1 Å². The molecule has 2 rings (SSSR count). The molecule has 0 saturated carbocycles. The highest BCUT2D eigenvalue weighted by atomic mass is 16.5. The summed E-state index contributed by atoms with van der Waals surface area (Å²) in [5, 5.41) is 3.04. The molecule has 3 atom stereocenters. The fourth-order valence-corrected chi connectivity index (χ4v) is 2.37. The highest BCUT2D eigenvalue weighted by Gasteiger charge is 2.34. The third kappa shape index (κ3) is 3.38. The normalized spacial score (nSPS) is 24.4. The van der Waals surface area contributed by atoms with E-state index in [1.807, 2.05) is 51.1 Å². The maximum atomic E-state index is 12.2. The number of carbonyl (C=O) groups is 1. The molecule has 1 aliphatic heterocycles. The van der Waals surface area contributed by atoms with Crippen LogP contribution in [0.25, 0.3) is 0 Å². The highest BCUT2D eigenvalue weighted by Crippen LogP contribution is 2.29. The van der Waals surface area contributed by atoms with Gasteiger partial charge in [-0.25, -0.2) is 0 Å². The molecule has 1 amide bonds. The van der Waals surface area contributed by atoms with Crippen LogP contribution in [0.1, 0.15) is 38.9 Å². The van der Waals surface area contributed by atoms with Crippen molar-refractivity contribution in [3.8, 4) is 0 Å². The highest BCUT2D eigenvalue weighted by molar-refractivity contribution is 5.82. The Morgan fingerprint density at radius 1 is 1.35 bits per heavy atom. The first kappa shape index (κ1) is 15.0. The van der Waals surface area contributed by atoms with E-state index in [2.05, 4.69) is 5.32 Å².